The number of ether oxygens (including phenoxy) is 3. The van der Waals surface area contributed by atoms with E-state index in [0.29, 0.717) is 0 Å². The molecule has 1 aliphatic heterocycles. The van der Waals surface area contributed by atoms with Gasteiger partial charge in [0.25, 0.3) is 0 Å². The molecule has 0 saturated carbocycles. The Morgan fingerprint density at radius 1 is 1.00 bits per heavy atom. The molecule has 0 amide bonds. The van der Waals surface area contributed by atoms with E-state index in [1.807, 2.05) is 0 Å². The molecule has 1 aromatic rings. The fraction of sp³-hybridized carbons (Fsp3) is 0.176. The van der Waals surface area contributed by atoms with Crippen LogP contribution in [-0.4, -0.2) is 32.5 Å². The highest BCUT2D eigenvalue weighted by atomic mass is 19.4. The molecule has 0 N–H and O–H groups in total. The highest BCUT2D eigenvalue weighted by Crippen LogP contribution is 2.36. The van der Waals surface area contributed by atoms with Crippen LogP contribution in [0.25, 0.3) is 0 Å². The third-order valence-corrected chi connectivity index (χ3v) is 3.24. The minimum atomic E-state index is -4.94. The molecular formula is C17H14F3NO5. The van der Waals surface area contributed by atoms with Gasteiger partial charge in [0.1, 0.15) is 5.70 Å². The molecule has 0 aromatic heterocycles. The zero-order chi connectivity index (χ0) is 19.3. The molecule has 0 atom stereocenters. The number of allylic oxidation sites excluding steroid dienone is 2. The van der Waals surface area contributed by atoms with Crippen LogP contribution >= 0.6 is 0 Å². The topological polar surface area (TPSA) is 65.1 Å². The van der Waals surface area contributed by atoms with Crippen molar-refractivity contribution in [3.8, 4) is 5.75 Å². The van der Waals surface area contributed by atoms with Gasteiger partial charge in [-0.2, -0.15) is 0 Å². The van der Waals surface area contributed by atoms with Gasteiger partial charge in [0.2, 0.25) is 0 Å². The van der Waals surface area contributed by atoms with E-state index in [1.165, 1.54) is 42.6 Å². The third-order valence-electron chi connectivity index (χ3n) is 3.24. The smallest absolute Gasteiger partial charge is 0.465 e. The van der Waals surface area contributed by atoms with Crippen molar-refractivity contribution in [3.63, 3.8) is 0 Å². The minimum Gasteiger partial charge on any atom is -0.465 e. The van der Waals surface area contributed by atoms with Crippen LogP contribution in [0.15, 0.2) is 60.0 Å². The van der Waals surface area contributed by atoms with Crippen LogP contribution in [0.1, 0.15) is 0 Å². The van der Waals surface area contributed by atoms with E-state index >= 15 is 0 Å². The number of para-hydroxylation sites is 2. The van der Waals surface area contributed by atoms with Gasteiger partial charge in [0.15, 0.2) is 5.75 Å². The lowest BCUT2D eigenvalue weighted by atomic mass is 10.1. The van der Waals surface area contributed by atoms with Gasteiger partial charge in [-0.3, -0.25) is 0 Å². The summed E-state index contributed by atoms with van der Waals surface area (Å²) in [6.45, 7) is 0. The van der Waals surface area contributed by atoms with Crippen molar-refractivity contribution >= 4 is 17.6 Å². The Bertz CT molecular complexity index is 796. The molecule has 6 nitrogen and oxygen atoms in total. The number of carbonyl (C=O) groups is 2. The van der Waals surface area contributed by atoms with E-state index in [4.69, 9.17) is 0 Å². The van der Waals surface area contributed by atoms with Crippen molar-refractivity contribution in [1.29, 1.82) is 0 Å². The Kier molecular flexibility index (Phi) is 5.71. The van der Waals surface area contributed by atoms with Gasteiger partial charge in [-0.05, 0) is 24.3 Å². The standard InChI is InChI=1S/C17H14F3NO5/c1-24-15(22)11-7-5-6-10-21(14(11)16(23)25-2)12-8-3-4-9-13(12)26-17(18,19)20/h3-10H,1-2H3. The summed E-state index contributed by atoms with van der Waals surface area (Å²) in [6.07, 6.45) is 0.523. The van der Waals surface area contributed by atoms with Crippen molar-refractivity contribution in [3.05, 3.63) is 60.0 Å². The van der Waals surface area contributed by atoms with Crippen LogP contribution in [0.2, 0.25) is 0 Å². The zero-order valence-electron chi connectivity index (χ0n) is 13.7. The van der Waals surface area contributed by atoms with Crippen molar-refractivity contribution in [2.75, 3.05) is 19.1 Å². The molecule has 0 fully saturated rings. The second-order valence-corrected chi connectivity index (χ2v) is 4.83. The van der Waals surface area contributed by atoms with Crippen molar-refractivity contribution in [2.45, 2.75) is 6.36 Å². The molecule has 1 aromatic carbocycles. The number of halogens is 3. The summed E-state index contributed by atoms with van der Waals surface area (Å²) in [5.74, 6) is -2.36. The van der Waals surface area contributed by atoms with Crippen LogP contribution in [0, 0.1) is 0 Å². The summed E-state index contributed by atoms with van der Waals surface area (Å²) < 4.78 is 51.5. The first-order chi connectivity index (χ1) is 12.3. The van der Waals surface area contributed by atoms with E-state index in [-0.39, 0.29) is 17.0 Å². The SMILES string of the molecule is COC(=O)C1=C(C(=O)OC)N(c2ccccc2OC(F)(F)F)C=CC=C1. The quantitative estimate of drug-likeness (QED) is 0.760. The maximum Gasteiger partial charge on any atom is 0.573 e. The molecule has 1 heterocycles. The molecule has 0 bridgehead atoms. The van der Waals surface area contributed by atoms with Gasteiger partial charge in [0.05, 0.1) is 25.5 Å². The Balaban J connectivity index is 2.67. The molecule has 0 unspecified atom stereocenters. The van der Waals surface area contributed by atoms with Gasteiger partial charge in [-0.1, -0.05) is 18.2 Å². The summed E-state index contributed by atoms with van der Waals surface area (Å²) in [5.41, 5.74) is -0.625. The summed E-state index contributed by atoms with van der Waals surface area (Å²) in [5, 5.41) is 0. The van der Waals surface area contributed by atoms with Crippen molar-refractivity contribution < 1.29 is 37.0 Å². The Morgan fingerprint density at radius 2 is 1.65 bits per heavy atom. The lowest BCUT2D eigenvalue weighted by molar-refractivity contribution is -0.274. The average Bonchev–Trinajstić information content (AvgIpc) is 2.82. The van der Waals surface area contributed by atoms with E-state index in [1.54, 1.807) is 0 Å². The Morgan fingerprint density at radius 3 is 2.27 bits per heavy atom. The van der Waals surface area contributed by atoms with Gasteiger partial charge < -0.3 is 19.1 Å². The van der Waals surface area contributed by atoms with Gasteiger partial charge >= 0.3 is 18.3 Å². The summed E-state index contributed by atoms with van der Waals surface area (Å²) in [4.78, 5) is 25.4. The Hall–Kier alpha value is -3.23. The average molecular weight is 369 g/mol. The second-order valence-electron chi connectivity index (χ2n) is 4.83. The molecule has 9 heteroatoms. The molecule has 1 aliphatic rings. The number of benzene rings is 1. The number of nitrogens with zero attached hydrogens (tertiary/aromatic N) is 1. The van der Waals surface area contributed by atoms with E-state index in [2.05, 4.69) is 14.2 Å². The van der Waals surface area contributed by atoms with Crippen molar-refractivity contribution in [1.82, 2.24) is 0 Å². The number of esters is 2. The number of rotatable bonds is 4. The Labute approximate surface area is 146 Å². The molecule has 0 radical (unpaired) electrons. The maximum atomic E-state index is 12.7. The molecule has 0 spiro atoms. The molecular weight excluding hydrogens is 355 g/mol. The van der Waals surface area contributed by atoms with Gasteiger partial charge in [-0.25, -0.2) is 9.59 Å². The van der Waals surface area contributed by atoms with E-state index < -0.39 is 24.1 Å². The highest BCUT2D eigenvalue weighted by molar-refractivity contribution is 6.05. The fourth-order valence-electron chi connectivity index (χ4n) is 2.22. The van der Waals surface area contributed by atoms with Gasteiger partial charge in [0, 0.05) is 6.20 Å². The highest BCUT2D eigenvalue weighted by Gasteiger charge is 2.34. The third kappa shape index (κ3) is 4.24. The number of carbonyl (C=O) groups excluding carboxylic acids is 2. The number of hydrogen-bond acceptors (Lipinski definition) is 6. The van der Waals surface area contributed by atoms with Crippen LogP contribution in [0.4, 0.5) is 18.9 Å². The largest absolute Gasteiger partial charge is 0.573 e. The normalized spacial score (nSPS) is 14.1. The van der Waals surface area contributed by atoms with Crippen LogP contribution < -0.4 is 9.64 Å². The molecule has 0 aliphatic carbocycles. The number of alkyl halides is 3. The first kappa shape index (κ1) is 19.1. The maximum absolute atomic E-state index is 12.7. The summed E-state index contributed by atoms with van der Waals surface area (Å²) >= 11 is 0. The van der Waals surface area contributed by atoms with Gasteiger partial charge in [-0.15, -0.1) is 13.2 Å². The lowest BCUT2D eigenvalue weighted by Crippen LogP contribution is -2.28. The fourth-order valence-corrected chi connectivity index (χ4v) is 2.22. The predicted octanol–water partition coefficient (Wildman–Crippen LogP) is 3.08. The van der Waals surface area contributed by atoms with Crippen LogP contribution in [0.5, 0.6) is 5.75 Å². The first-order valence-corrected chi connectivity index (χ1v) is 7.18. The number of methoxy groups -OCH3 is 2. The van der Waals surface area contributed by atoms with Crippen molar-refractivity contribution in [2.24, 2.45) is 0 Å². The second kappa shape index (κ2) is 7.77. The van der Waals surface area contributed by atoms with Crippen LogP contribution in [0.3, 0.4) is 0 Å². The molecule has 0 saturated heterocycles. The minimum absolute atomic E-state index is 0.119. The lowest BCUT2D eigenvalue weighted by Gasteiger charge is -2.25. The monoisotopic (exact) mass is 369 g/mol. The number of hydrogen-bond donors (Lipinski definition) is 0. The molecule has 138 valence electrons. The molecule has 2 rings (SSSR count). The zero-order valence-corrected chi connectivity index (χ0v) is 13.7. The predicted molar refractivity (Wildman–Crippen MR) is 84.9 cm³/mol. The first-order valence-electron chi connectivity index (χ1n) is 7.18. The molecule has 26 heavy (non-hydrogen) atoms. The summed E-state index contributed by atoms with van der Waals surface area (Å²) in [7, 11) is 2.19. The summed E-state index contributed by atoms with van der Waals surface area (Å²) in [6, 6.07) is 5.18. The van der Waals surface area contributed by atoms with Crippen LogP contribution in [-0.2, 0) is 19.1 Å². The van der Waals surface area contributed by atoms with E-state index in [9.17, 15) is 22.8 Å². The number of anilines is 1. The van der Waals surface area contributed by atoms with E-state index in [0.717, 1.165) is 25.2 Å².